The van der Waals surface area contributed by atoms with Crippen LogP contribution in [-0.4, -0.2) is 23.9 Å². The second-order valence-corrected chi connectivity index (χ2v) is 2.40. The van der Waals surface area contributed by atoms with Gasteiger partial charge < -0.3 is 0 Å². The molecule has 0 atom stereocenters. The molecule has 0 aliphatic rings. The molecule has 14 heavy (non-hydrogen) atoms. The normalized spacial score (nSPS) is 9.93. The molecule has 5 nitrogen and oxygen atoms in total. The predicted molar refractivity (Wildman–Crippen MR) is 44.6 cm³/mol. The number of carbonyl (C=O) groups is 1. The van der Waals surface area contributed by atoms with E-state index < -0.39 is 12.9 Å². The lowest BCUT2D eigenvalue weighted by atomic mass is 9.76. The highest BCUT2D eigenvalue weighted by molar-refractivity contribution is 6.62. The van der Waals surface area contributed by atoms with Gasteiger partial charge in [0.2, 0.25) is 0 Å². The van der Waals surface area contributed by atoms with Crippen LogP contribution in [0.3, 0.4) is 0 Å². The van der Waals surface area contributed by atoms with Gasteiger partial charge in [-0.15, -0.1) is 0 Å². The molecule has 0 amide bonds. The fraction of sp³-hybridized carbons (Fsp3) is 0. The zero-order valence-corrected chi connectivity index (χ0v) is 6.88. The van der Waals surface area contributed by atoms with Crippen LogP contribution in [0, 0.1) is 5.82 Å². The highest BCUT2D eigenvalue weighted by atomic mass is 19.1. The van der Waals surface area contributed by atoms with Gasteiger partial charge in [0, 0.05) is 11.0 Å². The Bertz CT molecular complexity index is 328. The Labute approximate surface area is 78.7 Å². The average molecular weight is 200 g/mol. The van der Waals surface area contributed by atoms with Gasteiger partial charge >= 0.3 is 7.12 Å². The SMILES string of the molecule is O=Cc1cccc(F)c1B(OO)OO. The van der Waals surface area contributed by atoms with Crippen molar-refractivity contribution in [2.24, 2.45) is 0 Å². The molecule has 0 bridgehead atoms. The minimum atomic E-state index is -1.74. The number of halogens is 1. The lowest BCUT2D eigenvalue weighted by Crippen LogP contribution is -2.40. The maximum Gasteiger partial charge on any atom is 0.557 e. The number of rotatable bonds is 4. The summed E-state index contributed by atoms with van der Waals surface area (Å²) in [4.78, 5) is 17.8. The van der Waals surface area contributed by atoms with Gasteiger partial charge in [-0.25, -0.2) is 4.39 Å². The predicted octanol–water partition coefficient (Wildman–Crippen LogP) is 0.313. The molecule has 2 N–H and O–H groups in total. The molecule has 0 saturated heterocycles. The minimum Gasteiger partial charge on any atom is -0.298 e. The number of aldehydes is 1. The zero-order valence-electron chi connectivity index (χ0n) is 6.88. The fourth-order valence-electron chi connectivity index (χ4n) is 1.03. The van der Waals surface area contributed by atoms with Gasteiger partial charge in [-0.05, 0) is 6.07 Å². The largest absolute Gasteiger partial charge is 0.557 e. The first-order valence-electron chi connectivity index (χ1n) is 3.58. The second kappa shape index (κ2) is 4.82. The number of benzene rings is 1. The van der Waals surface area contributed by atoms with Crippen molar-refractivity contribution in [2.45, 2.75) is 0 Å². The van der Waals surface area contributed by atoms with Crippen molar-refractivity contribution >= 4 is 18.9 Å². The summed E-state index contributed by atoms with van der Waals surface area (Å²) in [6.07, 6.45) is 0.351. The van der Waals surface area contributed by atoms with Gasteiger partial charge in [-0.2, -0.15) is 0 Å². The van der Waals surface area contributed by atoms with Crippen LogP contribution in [0.15, 0.2) is 18.2 Å². The van der Waals surface area contributed by atoms with E-state index in [1.165, 1.54) is 12.1 Å². The van der Waals surface area contributed by atoms with Crippen molar-refractivity contribution in [3.05, 3.63) is 29.6 Å². The summed E-state index contributed by atoms with van der Waals surface area (Å²) in [6.45, 7) is 0. The third-order valence-electron chi connectivity index (χ3n) is 1.64. The molecular formula is C7H6BFO5. The second-order valence-electron chi connectivity index (χ2n) is 2.40. The van der Waals surface area contributed by atoms with Gasteiger partial charge in [0.15, 0.2) is 0 Å². The summed E-state index contributed by atoms with van der Waals surface area (Å²) in [5, 5.41) is 16.5. The lowest BCUT2D eigenvalue weighted by molar-refractivity contribution is -0.221. The van der Waals surface area contributed by atoms with Crippen LogP contribution in [0.5, 0.6) is 0 Å². The van der Waals surface area contributed by atoms with E-state index in [1.807, 2.05) is 0 Å². The van der Waals surface area contributed by atoms with E-state index in [2.05, 4.69) is 9.61 Å². The van der Waals surface area contributed by atoms with Crippen LogP contribution in [-0.2, 0) is 9.61 Å². The molecule has 0 unspecified atom stereocenters. The Balaban J connectivity index is 3.21. The molecule has 1 aromatic carbocycles. The molecule has 0 aromatic heterocycles. The highest BCUT2D eigenvalue weighted by Crippen LogP contribution is 2.02. The average Bonchev–Trinajstić information content (AvgIpc) is 2.22. The third kappa shape index (κ3) is 1.96. The fourth-order valence-corrected chi connectivity index (χ4v) is 1.03. The molecule has 0 saturated carbocycles. The quantitative estimate of drug-likeness (QED) is 0.316. The summed E-state index contributed by atoms with van der Waals surface area (Å²) in [7, 11) is -1.74. The highest BCUT2D eigenvalue weighted by Gasteiger charge is 2.28. The van der Waals surface area contributed by atoms with Gasteiger partial charge in [0.25, 0.3) is 0 Å². The Hall–Kier alpha value is -1.28. The van der Waals surface area contributed by atoms with E-state index in [4.69, 9.17) is 10.5 Å². The summed E-state index contributed by atoms with van der Waals surface area (Å²) in [6, 6.07) is 3.62. The Morgan fingerprint density at radius 1 is 1.36 bits per heavy atom. The number of hydrogen-bond acceptors (Lipinski definition) is 5. The van der Waals surface area contributed by atoms with Crippen LogP contribution >= 0.6 is 0 Å². The molecule has 0 heterocycles. The Morgan fingerprint density at radius 3 is 2.50 bits per heavy atom. The summed E-state index contributed by atoms with van der Waals surface area (Å²) in [5.74, 6) is -0.831. The third-order valence-corrected chi connectivity index (χ3v) is 1.64. The number of carbonyl (C=O) groups excluding carboxylic acids is 1. The molecule has 7 heteroatoms. The first-order valence-corrected chi connectivity index (χ1v) is 3.58. The van der Waals surface area contributed by atoms with E-state index in [0.29, 0.717) is 6.29 Å². The van der Waals surface area contributed by atoms with Gasteiger partial charge in [-0.3, -0.25) is 24.9 Å². The molecule has 1 aromatic rings. The smallest absolute Gasteiger partial charge is 0.298 e. The molecule has 0 aliphatic heterocycles. The molecule has 74 valence electrons. The van der Waals surface area contributed by atoms with E-state index >= 15 is 0 Å². The molecule has 0 fully saturated rings. The summed E-state index contributed by atoms with van der Waals surface area (Å²) >= 11 is 0. The Morgan fingerprint density at radius 2 is 2.00 bits per heavy atom. The topological polar surface area (TPSA) is 76.0 Å². The first-order chi connectivity index (χ1) is 6.74. The zero-order chi connectivity index (χ0) is 10.6. The van der Waals surface area contributed by atoms with Crippen molar-refractivity contribution in [1.82, 2.24) is 0 Å². The monoisotopic (exact) mass is 200 g/mol. The van der Waals surface area contributed by atoms with Crippen molar-refractivity contribution in [3.63, 3.8) is 0 Å². The number of hydrogen-bond donors (Lipinski definition) is 2. The van der Waals surface area contributed by atoms with Gasteiger partial charge in [0.1, 0.15) is 12.1 Å². The maximum atomic E-state index is 13.1. The summed E-state index contributed by atoms with van der Waals surface area (Å²) in [5.41, 5.74) is -0.453. The van der Waals surface area contributed by atoms with Crippen molar-refractivity contribution in [2.75, 3.05) is 0 Å². The Kier molecular flexibility index (Phi) is 3.72. The van der Waals surface area contributed by atoms with Crippen LogP contribution < -0.4 is 5.46 Å². The van der Waals surface area contributed by atoms with Gasteiger partial charge in [0.05, 0.1) is 0 Å². The van der Waals surface area contributed by atoms with Crippen molar-refractivity contribution < 1.29 is 29.3 Å². The van der Waals surface area contributed by atoms with Crippen LogP contribution in [0.1, 0.15) is 10.4 Å². The van der Waals surface area contributed by atoms with E-state index in [-0.39, 0.29) is 11.0 Å². The van der Waals surface area contributed by atoms with E-state index in [1.54, 1.807) is 0 Å². The standard InChI is InChI=1S/C7H6BFO5/c9-6-3-1-2-5(4-10)7(6)8(13-11)14-12/h1-4,11-12H. The van der Waals surface area contributed by atoms with E-state index in [0.717, 1.165) is 6.07 Å². The van der Waals surface area contributed by atoms with Crippen molar-refractivity contribution in [1.29, 1.82) is 0 Å². The first kappa shape index (κ1) is 10.8. The minimum absolute atomic E-state index is 0.0851. The molecule has 0 aliphatic carbocycles. The molecule has 1 rings (SSSR count). The van der Waals surface area contributed by atoms with Crippen LogP contribution in [0.4, 0.5) is 4.39 Å². The maximum absolute atomic E-state index is 13.1. The van der Waals surface area contributed by atoms with Gasteiger partial charge in [-0.1, -0.05) is 12.1 Å². The molecular weight excluding hydrogens is 194 g/mol. The lowest BCUT2D eigenvalue weighted by Gasteiger charge is -2.08. The van der Waals surface area contributed by atoms with Crippen molar-refractivity contribution in [3.8, 4) is 0 Å². The molecule has 0 spiro atoms. The van der Waals surface area contributed by atoms with Crippen LogP contribution in [0.2, 0.25) is 0 Å². The molecule has 0 radical (unpaired) electrons. The van der Waals surface area contributed by atoms with E-state index in [9.17, 15) is 9.18 Å². The summed E-state index contributed by atoms with van der Waals surface area (Å²) < 4.78 is 13.1. The van der Waals surface area contributed by atoms with Crippen LogP contribution in [0.25, 0.3) is 0 Å².